The summed E-state index contributed by atoms with van der Waals surface area (Å²) in [6.07, 6.45) is 25.4. The molecule has 2 aromatic carbocycles. The Hall–Kier alpha value is -4.83. The number of halogens is 2. The Kier molecular flexibility index (Phi) is 33.0. The van der Waals surface area contributed by atoms with Gasteiger partial charge in [-0.2, -0.15) is 0 Å². The van der Waals surface area contributed by atoms with Gasteiger partial charge in [0.05, 0.1) is 56.5 Å². The van der Waals surface area contributed by atoms with Gasteiger partial charge in [0.15, 0.2) is 0 Å². The molecule has 4 atom stereocenters. The van der Waals surface area contributed by atoms with Crippen LogP contribution in [-0.2, 0) is 16.1 Å². The van der Waals surface area contributed by atoms with Crippen LogP contribution >= 0.6 is 0 Å². The van der Waals surface area contributed by atoms with E-state index < -0.39 is 11.6 Å². The van der Waals surface area contributed by atoms with Crippen LogP contribution in [0.4, 0.5) is 14.7 Å². The number of carbonyl (C=O) groups excluding carboxylic acids is 1. The number of nitrogens with zero attached hydrogens (tertiary/aromatic N) is 4. The lowest BCUT2D eigenvalue weighted by Crippen LogP contribution is -2.51. The molecule has 1 amide bonds. The number of ether oxygens (including phenoxy) is 1. The smallest absolute Gasteiger partial charge is 0.224 e. The molecule has 438 valence electrons. The third kappa shape index (κ3) is 25.5. The average Bonchev–Trinajstić information content (AvgIpc) is 4.04. The number of amides is 1. The highest BCUT2D eigenvalue weighted by molar-refractivity contribution is 5.83. The number of hydrogen-bond acceptors (Lipinski definition) is 5. The summed E-state index contributed by atoms with van der Waals surface area (Å²) in [6.45, 7) is 38.8. The fraction of sp³-hybridized carbons (Fsp3) is 0.632. The third-order valence-corrected chi connectivity index (χ3v) is 15.9. The van der Waals surface area contributed by atoms with Gasteiger partial charge in [-0.05, 0) is 125 Å². The van der Waals surface area contributed by atoms with Gasteiger partial charge in [-0.15, -0.1) is 0 Å². The fourth-order valence-electron chi connectivity index (χ4n) is 9.85. The topological polar surface area (TPSA) is 81.1 Å². The molecular formula is C68H111F2N6O2+. The van der Waals surface area contributed by atoms with Crippen LogP contribution in [0.1, 0.15) is 226 Å². The molecule has 78 heavy (non-hydrogen) atoms. The van der Waals surface area contributed by atoms with Crippen molar-refractivity contribution < 1.29 is 22.8 Å². The van der Waals surface area contributed by atoms with E-state index in [1.165, 1.54) is 132 Å². The van der Waals surface area contributed by atoms with E-state index in [9.17, 15) is 13.6 Å². The van der Waals surface area contributed by atoms with Crippen molar-refractivity contribution in [3.63, 3.8) is 0 Å². The van der Waals surface area contributed by atoms with Crippen LogP contribution in [0.15, 0.2) is 73.1 Å². The summed E-state index contributed by atoms with van der Waals surface area (Å²) in [5, 5.41) is 6.24. The van der Waals surface area contributed by atoms with Gasteiger partial charge in [0.1, 0.15) is 23.4 Å². The van der Waals surface area contributed by atoms with Crippen molar-refractivity contribution in [3.8, 4) is 0 Å². The van der Waals surface area contributed by atoms with Gasteiger partial charge in [0, 0.05) is 41.7 Å². The van der Waals surface area contributed by atoms with Crippen LogP contribution in [0.2, 0.25) is 0 Å². The Bertz CT molecular complexity index is 2350. The summed E-state index contributed by atoms with van der Waals surface area (Å²) in [5.74, 6) is 4.53. The molecule has 2 aromatic heterocycles. The summed E-state index contributed by atoms with van der Waals surface area (Å²) in [6, 6.07) is 14.5. The zero-order valence-corrected chi connectivity index (χ0v) is 52.3. The maximum atomic E-state index is 12.2. The van der Waals surface area contributed by atoms with E-state index in [2.05, 4.69) is 156 Å². The summed E-state index contributed by atoms with van der Waals surface area (Å²) < 4.78 is 33.5. The molecular weight excluding hydrogens is 971 g/mol. The number of likely N-dealkylation sites (N-methyl/N-ethyl adjacent to an activating group) is 1. The second-order valence-electron chi connectivity index (χ2n) is 23.6. The highest BCUT2D eigenvalue weighted by Gasteiger charge is 2.37. The average molecular weight is 1080 g/mol. The number of anilines is 1. The van der Waals surface area contributed by atoms with Gasteiger partial charge >= 0.3 is 0 Å². The van der Waals surface area contributed by atoms with E-state index in [1.54, 1.807) is 14.0 Å². The molecule has 8 nitrogen and oxygen atoms in total. The molecule has 3 aliphatic rings. The predicted molar refractivity (Wildman–Crippen MR) is 332 cm³/mol. The van der Waals surface area contributed by atoms with Crippen molar-refractivity contribution in [2.45, 2.75) is 231 Å². The first-order valence-electron chi connectivity index (χ1n) is 30.5. The number of aryl methyl sites for hydroxylation is 3. The second-order valence-corrected chi connectivity index (χ2v) is 23.6. The molecule has 0 spiro atoms. The van der Waals surface area contributed by atoms with Gasteiger partial charge in [0.25, 0.3) is 0 Å². The van der Waals surface area contributed by atoms with Gasteiger partial charge in [-0.3, -0.25) is 9.78 Å². The van der Waals surface area contributed by atoms with Crippen molar-refractivity contribution in [1.29, 1.82) is 0 Å². The number of aromatic nitrogens is 3. The van der Waals surface area contributed by atoms with Crippen LogP contribution in [0, 0.1) is 56.1 Å². The molecule has 2 aliphatic heterocycles. The van der Waals surface area contributed by atoms with Crippen molar-refractivity contribution >= 4 is 34.2 Å². The number of carbonyl (C=O) groups is 1. The normalized spacial score (nSPS) is 17.0. The minimum Gasteiger partial charge on any atom is -0.500 e. The number of benzene rings is 2. The Morgan fingerprint density at radius 1 is 0.769 bits per heavy atom. The zero-order valence-electron chi connectivity index (χ0n) is 52.3. The monoisotopic (exact) mass is 1080 g/mol. The van der Waals surface area contributed by atoms with Crippen LogP contribution < -0.4 is 10.6 Å². The first-order valence-corrected chi connectivity index (χ1v) is 30.5. The lowest BCUT2D eigenvalue weighted by atomic mass is 9.93. The second kappa shape index (κ2) is 37.2. The van der Waals surface area contributed by atoms with E-state index in [1.807, 2.05) is 0 Å². The van der Waals surface area contributed by atoms with Gasteiger partial charge in [-0.25, -0.2) is 13.8 Å². The molecule has 10 heteroatoms. The zero-order chi connectivity index (χ0) is 58.4. The molecule has 2 fully saturated rings. The summed E-state index contributed by atoms with van der Waals surface area (Å²) in [5.41, 5.74) is 9.95. The first kappa shape index (κ1) is 69.3. The standard InChI is InChI=1S/C31H42N5O.C11H24.C9H20.C7H6F2.C6H9NO.C4H10/c1-20-12-13-26-28(16-20)35(19-24-10-8-9-11-24)31(34-26)33-22(3)25-17-21(2)32-27(18-25)30-23(4)36(5,6)15-14-29(30)37-7;1-5-7-11(4)9-8-10(3)6-2;1-4-6-7-8-9(3)5-2;1-5-2-6(8)4-7(9)3-5;1-5-3-2-4-6(8)7-5;1-3-4-2/h12-13,16-18,23-24H,3,8-11,14-15,19H2,1-2,4-7H3,(H,33,34);10-11H,5-9H2,1-4H3;9H,4-8H2,1-3H3;2-4H,1H3;1-4H2,(H,7,8);3-4H2,1-2H3/q+1;;;;;. The number of piperidine rings is 1. The van der Waals surface area contributed by atoms with Gasteiger partial charge in [0.2, 0.25) is 11.9 Å². The van der Waals surface area contributed by atoms with Crippen LogP contribution in [0.3, 0.4) is 0 Å². The number of unbranched alkanes of at least 4 members (excludes halogenated alkanes) is 3. The minimum atomic E-state index is -0.521. The highest BCUT2D eigenvalue weighted by Crippen LogP contribution is 2.36. The van der Waals surface area contributed by atoms with Crippen molar-refractivity contribution in [2.75, 3.05) is 33.1 Å². The van der Waals surface area contributed by atoms with Crippen molar-refractivity contribution in [3.05, 3.63) is 113 Å². The maximum Gasteiger partial charge on any atom is 0.224 e. The molecule has 1 saturated heterocycles. The molecule has 4 unspecified atom stereocenters. The van der Waals surface area contributed by atoms with E-state index in [4.69, 9.17) is 14.7 Å². The number of imidazole rings is 1. The van der Waals surface area contributed by atoms with E-state index in [-0.39, 0.29) is 11.9 Å². The van der Waals surface area contributed by atoms with Crippen LogP contribution in [-0.4, -0.2) is 58.7 Å². The largest absolute Gasteiger partial charge is 0.500 e. The van der Waals surface area contributed by atoms with Crippen LogP contribution in [0.25, 0.3) is 22.3 Å². The molecule has 1 saturated carbocycles. The van der Waals surface area contributed by atoms with Gasteiger partial charge < -0.3 is 24.4 Å². The Morgan fingerprint density at radius 3 is 1.94 bits per heavy atom. The minimum absolute atomic E-state index is 0.112. The number of nitrogens with one attached hydrogen (secondary N) is 2. The Morgan fingerprint density at radius 2 is 1.40 bits per heavy atom. The Labute approximate surface area is 475 Å². The number of rotatable bonds is 19. The van der Waals surface area contributed by atoms with Gasteiger partial charge in [-0.1, -0.05) is 171 Å². The molecule has 4 aromatic rings. The molecule has 0 bridgehead atoms. The summed E-state index contributed by atoms with van der Waals surface area (Å²) in [4.78, 5) is 20.5. The summed E-state index contributed by atoms with van der Waals surface area (Å²) >= 11 is 0. The highest BCUT2D eigenvalue weighted by atomic mass is 19.1. The van der Waals surface area contributed by atoms with E-state index in [0.29, 0.717) is 17.9 Å². The van der Waals surface area contributed by atoms with Crippen molar-refractivity contribution in [2.24, 2.45) is 23.7 Å². The maximum absolute atomic E-state index is 12.2. The number of pyridine rings is 1. The molecule has 0 radical (unpaired) electrons. The Balaban J connectivity index is 0.000000408. The van der Waals surface area contributed by atoms with E-state index >= 15 is 0 Å². The molecule has 2 N–H and O–H groups in total. The van der Waals surface area contributed by atoms with E-state index in [0.717, 1.165) is 106 Å². The quantitative estimate of drug-likeness (QED) is 0.0722. The van der Waals surface area contributed by atoms with Crippen molar-refractivity contribution in [1.82, 2.24) is 19.9 Å². The number of hydrogen-bond donors (Lipinski definition) is 2. The predicted octanol–water partition coefficient (Wildman–Crippen LogP) is 19.3. The first-order chi connectivity index (χ1) is 37.1. The number of allylic oxidation sites excluding steroid dienone is 1. The fourth-order valence-corrected chi connectivity index (χ4v) is 9.85. The number of quaternary nitrogens is 1. The molecule has 1 aliphatic carbocycles. The summed E-state index contributed by atoms with van der Waals surface area (Å²) in [7, 11) is 6.34. The van der Waals surface area contributed by atoms with Crippen LogP contribution in [0.5, 0.6) is 0 Å². The third-order valence-electron chi connectivity index (χ3n) is 15.9. The molecule has 4 heterocycles. The number of fused-ring (bicyclic) bond motifs is 1. The number of methoxy groups -OCH3 is 1. The lowest BCUT2D eigenvalue weighted by molar-refractivity contribution is -0.906. The molecule has 7 rings (SSSR count). The lowest BCUT2D eigenvalue weighted by Gasteiger charge is -2.41. The SMILES string of the molecule is C=C(Nc1nc2ccc(C)cc2n1CC1CCCC1)c1cc(C)nc(C2=C(OC)CC[N+](C)(C)C2C)c1.C=C1CCCC(=O)N1.CCCC.CCCC(C)CCC(C)CC.CCCCCC(C)CC.Cc1cc(F)cc(F)c1.